The maximum atomic E-state index is 8.51. The molecule has 9 heavy (non-hydrogen) atoms. The largest absolute Gasteiger partial charge is 0.192 e. The highest BCUT2D eigenvalue weighted by Gasteiger charge is 1.86. The molecule has 1 aromatic rings. The molecule has 0 unspecified atom stereocenters. The Labute approximate surface area is 57.4 Å². The lowest BCUT2D eigenvalue weighted by Crippen LogP contribution is -1.73. The van der Waals surface area contributed by atoms with Crippen LogP contribution in [0.5, 0.6) is 0 Å². The molecular weight excluding hydrogens is 110 g/mol. The van der Waals surface area contributed by atoms with Crippen LogP contribution in [0.4, 0.5) is 0 Å². The van der Waals surface area contributed by atoms with Gasteiger partial charge in [0, 0.05) is 0 Å². The Balaban J connectivity index is 3.39. The molecule has 0 fully saturated rings. The summed E-state index contributed by atoms with van der Waals surface area (Å²) in [6.07, 6.45) is 0. The third kappa shape index (κ3) is 1.30. The van der Waals surface area contributed by atoms with Gasteiger partial charge in [-0.3, -0.25) is 0 Å². The molecule has 0 heterocycles. The minimum atomic E-state index is 0.0121. The smallest absolute Gasteiger partial charge is 0.0991 e. The molecule has 0 spiro atoms. The molecule has 1 rings (SSSR count). The fourth-order valence-corrected chi connectivity index (χ4v) is 0.593. The fraction of sp³-hybridized carbons (Fsp3) is 0.125. The quantitative estimate of drug-likeness (QED) is 0.511. The summed E-state index contributed by atoms with van der Waals surface area (Å²) < 4.78 is 14.5. The Morgan fingerprint density at radius 3 is 3.22 bits per heavy atom. The van der Waals surface area contributed by atoms with Crippen LogP contribution in [-0.2, 0) is 0 Å². The summed E-state index contributed by atoms with van der Waals surface area (Å²) in [7, 11) is 0. The summed E-state index contributed by atoms with van der Waals surface area (Å²) in [5.74, 6) is 0. The number of hydrogen-bond acceptors (Lipinski definition) is 1. The van der Waals surface area contributed by atoms with Crippen LogP contribution < -0.4 is 0 Å². The molecule has 0 bridgehead atoms. The monoisotopic (exact) mass is 119 g/mol. The summed E-state index contributed by atoms with van der Waals surface area (Å²) in [4.78, 5) is 0. The van der Waals surface area contributed by atoms with Crippen molar-refractivity contribution >= 4 is 0 Å². The fourth-order valence-electron chi connectivity index (χ4n) is 0.593. The third-order valence-electron chi connectivity index (χ3n) is 0.999. The molecule has 0 saturated carbocycles. The Bertz CT molecular complexity index is 326. The SMILES string of the molecule is [2H]c1cc(C)cc(C#N)c1[2H]. The van der Waals surface area contributed by atoms with E-state index in [2.05, 4.69) is 0 Å². The van der Waals surface area contributed by atoms with Crippen LogP contribution in [0, 0.1) is 18.3 Å². The lowest BCUT2D eigenvalue weighted by atomic mass is 10.2. The van der Waals surface area contributed by atoms with Gasteiger partial charge in [-0.05, 0) is 24.6 Å². The van der Waals surface area contributed by atoms with Gasteiger partial charge in [0.05, 0.1) is 14.4 Å². The molecule has 0 aliphatic carbocycles. The van der Waals surface area contributed by atoms with E-state index in [1.807, 2.05) is 6.07 Å². The predicted molar refractivity (Wildman–Crippen MR) is 35.9 cm³/mol. The maximum Gasteiger partial charge on any atom is 0.0991 e. The van der Waals surface area contributed by atoms with Gasteiger partial charge in [0.2, 0.25) is 0 Å². The summed E-state index contributed by atoms with van der Waals surface area (Å²) in [5.41, 5.74) is 1.12. The molecule has 0 saturated heterocycles. The number of nitrogens with zero attached hydrogens (tertiary/aromatic N) is 1. The normalized spacial score (nSPS) is 11.6. The molecule has 1 aromatic carbocycles. The Hall–Kier alpha value is -1.29. The van der Waals surface area contributed by atoms with Gasteiger partial charge in [0.15, 0.2) is 0 Å². The van der Waals surface area contributed by atoms with Gasteiger partial charge in [-0.2, -0.15) is 5.26 Å². The van der Waals surface area contributed by atoms with Crippen LogP contribution in [0.3, 0.4) is 0 Å². The second-order valence-electron chi connectivity index (χ2n) is 1.83. The molecule has 1 heteroatoms. The molecule has 0 aromatic heterocycles. The predicted octanol–water partition coefficient (Wildman–Crippen LogP) is 1.87. The van der Waals surface area contributed by atoms with Gasteiger partial charge in [0.1, 0.15) is 0 Å². The van der Waals surface area contributed by atoms with E-state index in [0.29, 0.717) is 0 Å². The highest BCUT2D eigenvalue weighted by atomic mass is 14.2. The number of nitriles is 1. The van der Waals surface area contributed by atoms with E-state index in [1.54, 1.807) is 19.1 Å². The lowest BCUT2D eigenvalue weighted by Gasteiger charge is -1.88. The number of hydrogen-bond donors (Lipinski definition) is 0. The van der Waals surface area contributed by atoms with Crippen LogP contribution in [-0.4, -0.2) is 0 Å². The van der Waals surface area contributed by atoms with Crippen LogP contribution in [0.15, 0.2) is 24.2 Å². The molecule has 0 aliphatic heterocycles. The van der Waals surface area contributed by atoms with E-state index in [1.165, 1.54) is 0 Å². The first-order chi connectivity index (χ1) is 5.15. The molecular formula is C8H7N. The zero-order valence-corrected chi connectivity index (χ0v) is 5.10. The van der Waals surface area contributed by atoms with Gasteiger partial charge < -0.3 is 0 Å². The van der Waals surface area contributed by atoms with E-state index in [0.717, 1.165) is 5.56 Å². The first-order valence-corrected chi connectivity index (χ1v) is 2.63. The van der Waals surface area contributed by atoms with Crippen molar-refractivity contribution in [2.75, 3.05) is 0 Å². The van der Waals surface area contributed by atoms with E-state index in [9.17, 15) is 0 Å². The number of rotatable bonds is 0. The van der Waals surface area contributed by atoms with E-state index in [-0.39, 0.29) is 17.6 Å². The molecule has 1 nitrogen and oxygen atoms in total. The van der Waals surface area contributed by atoms with Gasteiger partial charge in [-0.15, -0.1) is 0 Å². The highest BCUT2D eigenvalue weighted by Crippen LogP contribution is 2.00. The Morgan fingerprint density at radius 1 is 1.78 bits per heavy atom. The molecule has 0 amide bonds. The Kier molecular flexibility index (Phi) is 0.949. The molecule has 0 N–H and O–H groups in total. The van der Waals surface area contributed by atoms with Gasteiger partial charge in [-0.25, -0.2) is 0 Å². The zero-order valence-electron chi connectivity index (χ0n) is 7.10. The standard InChI is InChI=1S/C8H7N/c1-7-3-2-4-8(5-7)6-9/h2-5H,1H3/i2D,4D. The summed E-state index contributed by atoms with van der Waals surface area (Å²) in [6.45, 7) is 1.80. The van der Waals surface area contributed by atoms with Crippen molar-refractivity contribution in [3.63, 3.8) is 0 Å². The van der Waals surface area contributed by atoms with Crippen molar-refractivity contribution < 1.29 is 2.74 Å². The third-order valence-corrected chi connectivity index (χ3v) is 0.999. The maximum absolute atomic E-state index is 8.51. The van der Waals surface area contributed by atoms with Crippen LogP contribution in [0.1, 0.15) is 13.9 Å². The first kappa shape index (κ1) is 3.68. The molecule has 0 aliphatic rings. The van der Waals surface area contributed by atoms with E-state index in [4.69, 9.17) is 8.00 Å². The van der Waals surface area contributed by atoms with Crippen LogP contribution >= 0.6 is 0 Å². The second kappa shape index (κ2) is 2.32. The van der Waals surface area contributed by atoms with Crippen molar-refractivity contribution in [2.45, 2.75) is 6.92 Å². The minimum absolute atomic E-state index is 0.0121. The van der Waals surface area contributed by atoms with Crippen LogP contribution in [0.2, 0.25) is 0 Å². The highest BCUT2D eigenvalue weighted by molar-refractivity contribution is 5.31. The van der Waals surface area contributed by atoms with E-state index < -0.39 is 0 Å². The zero-order chi connectivity index (χ0) is 8.43. The van der Waals surface area contributed by atoms with Crippen LogP contribution in [0.25, 0.3) is 0 Å². The first-order valence-electron chi connectivity index (χ1n) is 3.63. The summed E-state index contributed by atoms with van der Waals surface area (Å²) in [5, 5.41) is 8.51. The average Bonchev–Trinajstić information content (AvgIpc) is 1.96. The lowest BCUT2D eigenvalue weighted by molar-refractivity contribution is 1.42. The topological polar surface area (TPSA) is 23.8 Å². The average molecular weight is 119 g/mol. The Morgan fingerprint density at radius 2 is 2.56 bits per heavy atom. The number of aryl methyl sites for hydroxylation is 1. The second-order valence-corrected chi connectivity index (χ2v) is 1.83. The van der Waals surface area contributed by atoms with Crippen molar-refractivity contribution in [3.8, 4) is 6.07 Å². The van der Waals surface area contributed by atoms with Gasteiger partial charge in [0.25, 0.3) is 0 Å². The molecule has 44 valence electrons. The molecule has 0 atom stereocenters. The van der Waals surface area contributed by atoms with Crippen molar-refractivity contribution in [1.82, 2.24) is 0 Å². The number of benzene rings is 1. The van der Waals surface area contributed by atoms with Gasteiger partial charge in [-0.1, -0.05) is 12.1 Å². The van der Waals surface area contributed by atoms with Crippen molar-refractivity contribution in [3.05, 3.63) is 35.3 Å². The molecule has 0 radical (unpaired) electrons. The van der Waals surface area contributed by atoms with Crippen molar-refractivity contribution in [2.24, 2.45) is 0 Å². The van der Waals surface area contributed by atoms with Crippen molar-refractivity contribution in [1.29, 1.82) is 5.26 Å². The summed E-state index contributed by atoms with van der Waals surface area (Å²) >= 11 is 0. The van der Waals surface area contributed by atoms with E-state index >= 15 is 0 Å². The minimum Gasteiger partial charge on any atom is -0.192 e. The summed E-state index contributed by atoms with van der Waals surface area (Å²) in [6, 6.07) is 5.18. The van der Waals surface area contributed by atoms with Gasteiger partial charge >= 0.3 is 0 Å².